The lowest BCUT2D eigenvalue weighted by Crippen LogP contribution is -2.50. The number of rotatable bonds is 4. The Balaban J connectivity index is 1.68. The van der Waals surface area contributed by atoms with Crippen molar-refractivity contribution in [1.82, 2.24) is 0 Å². The highest BCUT2D eigenvalue weighted by Gasteiger charge is 2.58. The summed E-state index contributed by atoms with van der Waals surface area (Å²) in [4.78, 5) is 16.0. The van der Waals surface area contributed by atoms with Crippen LogP contribution in [0.5, 0.6) is 11.5 Å². The highest BCUT2D eigenvalue weighted by atomic mass is 19.1. The van der Waals surface area contributed by atoms with E-state index in [-0.39, 0.29) is 11.7 Å². The van der Waals surface area contributed by atoms with E-state index in [0.29, 0.717) is 25.3 Å². The Morgan fingerprint density at radius 3 is 2.62 bits per heavy atom. The third kappa shape index (κ3) is 3.15. The summed E-state index contributed by atoms with van der Waals surface area (Å²) in [6, 6.07) is 20.1. The maximum atomic E-state index is 14.2. The second-order valence-corrected chi connectivity index (χ2v) is 9.07. The molecule has 5 rings (SSSR count). The van der Waals surface area contributed by atoms with Crippen LogP contribution in [0.3, 0.4) is 0 Å². The Kier molecular flexibility index (Phi) is 4.73. The molecule has 4 nitrogen and oxygen atoms in total. The quantitative estimate of drug-likeness (QED) is 0.538. The van der Waals surface area contributed by atoms with Crippen LogP contribution in [0.25, 0.3) is 0 Å². The highest BCUT2D eigenvalue weighted by Crippen LogP contribution is 2.56. The van der Waals surface area contributed by atoms with Gasteiger partial charge in [-0.3, -0.25) is 4.79 Å². The number of anilines is 1. The molecule has 0 fully saturated rings. The first-order chi connectivity index (χ1) is 15.3. The van der Waals surface area contributed by atoms with Crippen LogP contribution in [0.4, 0.5) is 10.1 Å². The van der Waals surface area contributed by atoms with Crippen molar-refractivity contribution in [3.05, 3.63) is 89.2 Å². The van der Waals surface area contributed by atoms with Gasteiger partial charge in [0.2, 0.25) is 5.91 Å². The summed E-state index contributed by atoms with van der Waals surface area (Å²) in [6.07, 6.45) is 0.510. The zero-order valence-electron chi connectivity index (χ0n) is 18.5. The van der Waals surface area contributed by atoms with Crippen LogP contribution in [-0.2, 0) is 16.8 Å². The van der Waals surface area contributed by atoms with E-state index in [1.807, 2.05) is 69.3 Å². The Bertz CT molecular complexity index is 1210. The topological polar surface area (TPSA) is 38.8 Å². The monoisotopic (exact) mass is 431 g/mol. The van der Waals surface area contributed by atoms with Gasteiger partial charge in [0.05, 0.1) is 13.2 Å². The lowest BCUT2D eigenvalue weighted by molar-refractivity contribution is -0.124. The molecule has 1 spiro atoms. The minimum absolute atomic E-state index is 0.00949. The molecule has 164 valence electrons. The lowest BCUT2D eigenvalue weighted by Gasteiger charge is -2.43. The number of para-hydroxylation sites is 1. The van der Waals surface area contributed by atoms with Gasteiger partial charge in [-0.05, 0) is 56.2 Å². The number of nitrogens with zero attached hydrogens (tertiary/aromatic N) is 1. The van der Waals surface area contributed by atoms with E-state index in [1.165, 1.54) is 12.1 Å². The van der Waals surface area contributed by atoms with Crippen molar-refractivity contribution >= 4 is 11.6 Å². The molecular formula is C27H26FNO3. The fourth-order valence-electron chi connectivity index (χ4n) is 5.19. The van der Waals surface area contributed by atoms with Crippen molar-refractivity contribution < 1.29 is 18.7 Å². The third-order valence-corrected chi connectivity index (χ3v) is 6.30. The Morgan fingerprint density at radius 1 is 1.03 bits per heavy atom. The Morgan fingerprint density at radius 2 is 1.84 bits per heavy atom. The van der Waals surface area contributed by atoms with Gasteiger partial charge in [0.1, 0.15) is 28.3 Å². The molecule has 2 aliphatic heterocycles. The van der Waals surface area contributed by atoms with E-state index in [1.54, 1.807) is 11.0 Å². The summed E-state index contributed by atoms with van der Waals surface area (Å²) in [6.45, 7) is 6.82. The van der Waals surface area contributed by atoms with E-state index in [2.05, 4.69) is 0 Å². The van der Waals surface area contributed by atoms with E-state index >= 15 is 0 Å². The SMILES string of the molecule is CCOc1ccc2c(c1)OC(C)(C)CC21C(=O)N(Cc2cccc(F)c2)c2ccccc21. The minimum atomic E-state index is -0.869. The van der Waals surface area contributed by atoms with Gasteiger partial charge >= 0.3 is 0 Å². The van der Waals surface area contributed by atoms with Crippen molar-refractivity contribution in [2.24, 2.45) is 0 Å². The predicted octanol–water partition coefficient (Wildman–Crippen LogP) is 5.62. The normalized spacial score (nSPS) is 20.6. The standard InChI is InChI=1S/C27H26FNO3/c1-4-31-20-12-13-22-24(15-20)32-26(2,3)17-27(22)21-10-5-6-11-23(21)29(25(27)30)16-18-8-7-9-19(28)14-18/h5-15H,4,16-17H2,1-3H3. The van der Waals surface area contributed by atoms with Gasteiger partial charge in [-0.1, -0.05) is 36.4 Å². The van der Waals surface area contributed by atoms with Crippen molar-refractivity contribution in [1.29, 1.82) is 0 Å². The molecule has 0 N–H and O–H groups in total. The van der Waals surface area contributed by atoms with Crippen molar-refractivity contribution in [3.8, 4) is 11.5 Å². The van der Waals surface area contributed by atoms with E-state index in [9.17, 15) is 9.18 Å². The van der Waals surface area contributed by atoms with E-state index in [4.69, 9.17) is 9.47 Å². The van der Waals surface area contributed by atoms with Gasteiger partial charge in [0, 0.05) is 23.7 Å². The minimum Gasteiger partial charge on any atom is -0.494 e. The first kappa shape index (κ1) is 20.6. The van der Waals surface area contributed by atoms with Crippen LogP contribution >= 0.6 is 0 Å². The van der Waals surface area contributed by atoms with E-state index < -0.39 is 11.0 Å². The molecule has 1 atom stereocenters. The molecule has 0 aromatic heterocycles. The number of benzene rings is 3. The first-order valence-electron chi connectivity index (χ1n) is 11.0. The molecule has 5 heteroatoms. The molecule has 2 heterocycles. The molecule has 1 amide bonds. The van der Waals surface area contributed by atoms with Gasteiger partial charge in [-0.25, -0.2) is 4.39 Å². The summed E-state index contributed by atoms with van der Waals surface area (Å²) in [5, 5.41) is 0. The van der Waals surface area contributed by atoms with Crippen molar-refractivity contribution in [2.45, 2.75) is 44.8 Å². The largest absolute Gasteiger partial charge is 0.494 e. The van der Waals surface area contributed by atoms with Crippen LogP contribution < -0.4 is 14.4 Å². The predicted molar refractivity (Wildman–Crippen MR) is 122 cm³/mol. The van der Waals surface area contributed by atoms with Crippen LogP contribution in [0.1, 0.15) is 43.9 Å². The number of hydrogen-bond acceptors (Lipinski definition) is 3. The molecule has 32 heavy (non-hydrogen) atoms. The van der Waals surface area contributed by atoms with Crippen LogP contribution in [0.15, 0.2) is 66.7 Å². The third-order valence-electron chi connectivity index (χ3n) is 6.30. The molecule has 2 aliphatic rings. The Labute approximate surface area is 187 Å². The van der Waals surface area contributed by atoms with Crippen LogP contribution in [0, 0.1) is 5.82 Å². The number of hydrogen-bond donors (Lipinski definition) is 0. The molecule has 1 unspecified atom stereocenters. The molecular weight excluding hydrogens is 405 g/mol. The second kappa shape index (κ2) is 7.37. The summed E-state index contributed by atoms with van der Waals surface area (Å²) in [7, 11) is 0. The maximum Gasteiger partial charge on any atom is 0.242 e. The average molecular weight is 432 g/mol. The fraction of sp³-hybridized carbons (Fsp3) is 0.296. The van der Waals surface area contributed by atoms with Crippen molar-refractivity contribution in [2.75, 3.05) is 11.5 Å². The summed E-state index contributed by atoms with van der Waals surface area (Å²) in [5.74, 6) is 1.07. The molecule has 0 radical (unpaired) electrons. The first-order valence-corrected chi connectivity index (χ1v) is 11.0. The number of amides is 1. The maximum absolute atomic E-state index is 14.2. The second-order valence-electron chi connectivity index (χ2n) is 9.07. The molecule has 3 aromatic carbocycles. The van der Waals surface area contributed by atoms with Gasteiger partial charge in [0.15, 0.2) is 0 Å². The van der Waals surface area contributed by atoms with Gasteiger partial charge < -0.3 is 14.4 Å². The van der Waals surface area contributed by atoms with E-state index in [0.717, 1.165) is 28.1 Å². The molecule has 3 aromatic rings. The zero-order valence-corrected chi connectivity index (χ0v) is 18.5. The summed E-state index contributed by atoms with van der Waals surface area (Å²) < 4.78 is 25.9. The Hall–Kier alpha value is -3.34. The average Bonchev–Trinajstić information content (AvgIpc) is 2.96. The summed E-state index contributed by atoms with van der Waals surface area (Å²) in [5.41, 5.74) is 1.99. The molecule has 0 aliphatic carbocycles. The molecule has 0 saturated carbocycles. The highest BCUT2D eigenvalue weighted by molar-refractivity contribution is 6.11. The number of halogens is 1. The van der Waals surface area contributed by atoms with Crippen LogP contribution in [-0.4, -0.2) is 18.1 Å². The van der Waals surface area contributed by atoms with Gasteiger partial charge in [-0.2, -0.15) is 0 Å². The van der Waals surface area contributed by atoms with Gasteiger partial charge in [-0.15, -0.1) is 0 Å². The number of ether oxygens (including phenoxy) is 2. The molecule has 0 saturated heterocycles. The fourth-order valence-corrected chi connectivity index (χ4v) is 5.19. The summed E-state index contributed by atoms with van der Waals surface area (Å²) >= 11 is 0. The van der Waals surface area contributed by atoms with Crippen molar-refractivity contribution in [3.63, 3.8) is 0 Å². The van der Waals surface area contributed by atoms with Crippen LogP contribution in [0.2, 0.25) is 0 Å². The number of carbonyl (C=O) groups is 1. The smallest absolute Gasteiger partial charge is 0.242 e. The zero-order chi connectivity index (χ0) is 22.5. The number of fused-ring (bicyclic) bond motifs is 4. The molecule has 0 bridgehead atoms. The lowest BCUT2D eigenvalue weighted by atomic mass is 9.67. The number of carbonyl (C=O) groups excluding carboxylic acids is 1. The van der Waals surface area contributed by atoms with Gasteiger partial charge in [0.25, 0.3) is 0 Å².